The fourth-order valence-electron chi connectivity index (χ4n) is 3.53. The number of carboxylic acids is 1. The zero-order valence-corrected chi connectivity index (χ0v) is 21.2. The third-order valence-electron chi connectivity index (χ3n) is 5.57. The quantitative estimate of drug-likeness (QED) is 0.320. The van der Waals surface area contributed by atoms with Crippen LogP contribution in [0.3, 0.4) is 0 Å². The molecule has 0 saturated heterocycles. The highest BCUT2D eigenvalue weighted by Gasteiger charge is 2.44. The van der Waals surface area contributed by atoms with E-state index >= 15 is 0 Å². The van der Waals surface area contributed by atoms with E-state index in [0.717, 1.165) is 35.3 Å². The Labute approximate surface area is 212 Å². The first-order chi connectivity index (χ1) is 17.5. The highest BCUT2D eigenvalue weighted by atomic mass is 16.5. The molecule has 192 valence electrons. The van der Waals surface area contributed by atoms with Gasteiger partial charge in [0.15, 0.2) is 0 Å². The van der Waals surface area contributed by atoms with Gasteiger partial charge in [-0.05, 0) is 77.6 Å². The molecule has 0 bridgehead atoms. The molecule has 2 atom stereocenters. The molecule has 0 heterocycles. The normalized spacial score (nSPS) is 15.2. The number of rotatable bonds is 10. The van der Waals surface area contributed by atoms with E-state index in [-0.39, 0.29) is 18.4 Å². The average molecular weight is 494 g/mol. The number of carboxylic acid groups (broad SMARTS) is 1. The first-order valence-corrected chi connectivity index (χ1v) is 11.9. The van der Waals surface area contributed by atoms with Crippen molar-refractivity contribution in [2.75, 3.05) is 20.8 Å². The maximum absolute atomic E-state index is 11.0. The number of carbonyl (C=O) groups is 1. The molecule has 0 radical (unpaired) electrons. The van der Waals surface area contributed by atoms with E-state index in [9.17, 15) is 4.79 Å². The molecular formula is C29H35NO6. The number of aliphatic hydroxyl groups is 1. The van der Waals surface area contributed by atoms with Crippen molar-refractivity contribution in [1.29, 1.82) is 5.41 Å². The summed E-state index contributed by atoms with van der Waals surface area (Å²) in [7, 11) is 2.61. The van der Waals surface area contributed by atoms with Crippen molar-refractivity contribution in [3.63, 3.8) is 0 Å². The van der Waals surface area contributed by atoms with Gasteiger partial charge in [-0.25, -0.2) is 0 Å². The van der Waals surface area contributed by atoms with Gasteiger partial charge < -0.3 is 29.8 Å². The molecule has 1 saturated carbocycles. The Bertz CT molecular complexity index is 1080. The minimum absolute atomic E-state index is 0.125. The molecule has 7 heteroatoms. The Morgan fingerprint density at radius 3 is 1.92 bits per heavy atom. The summed E-state index contributed by atoms with van der Waals surface area (Å²) >= 11 is 0. The third kappa shape index (κ3) is 8.13. The number of aliphatic carboxylic acids is 1. The van der Waals surface area contributed by atoms with Crippen molar-refractivity contribution in [3.05, 3.63) is 89.5 Å². The van der Waals surface area contributed by atoms with E-state index in [0.29, 0.717) is 24.5 Å². The van der Waals surface area contributed by atoms with Gasteiger partial charge in [0.2, 0.25) is 0 Å². The Kier molecular flexibility index (Phi) is 11.5. The largest absolute Gasteiger partial charge is 0.497 e. The van der Waals surface area contributed by atoms with E-state index in [1.54, 1.807) is 7.11 Å². The summed E-state index contributed by atoms with van der Waals surface area (Å²) in [5.41, 5.74) is 3.23. The molecule has 7 nitrogen and oxygen atoms in total. The molecule has 4 rings (SSSR count). The van der Waals surface area contributed by atoms with E-state index in [1.807, 2.05) is 86.6 Å². The van der Waals surface area contributed by atoms with Gasteiger partial charge in [0.05, 0.1) is 18.7 Å². The standard InChI is InChI=1S/C26H25NO5.C2H6.CH4O/c1-30-20-10-6-19(7-11-20)25(27)16-32-21-8-2-17(3-9-21)15-31-22-12-4-18(5-13-22)23-14-24(23)26(28)29;2*1-2/h2-13,23-24,27H,14-16H2,1H3,(H,28,29);1-2H3;2H,1H3. The van der Waals surface area contributed by atoms with Crippen LogP contribution >= 0.6 is 0 Å². The third-order valence-corrected chi connectivity index (χ3v) is 5.57. The number of ether oxygens (including phenoxy) is 3. The molecule has 0 spiro atoms. The zero-order valence-electron chi connectivity index (χ0n) is 21.2. The lowest BCUT2D eigenvalue weighted by Crippen LogP contribution is -2.11. The Morgan fingerprint density at radius 2 is 1.39 bits per heavy atom. The van der Waals surface area contributed by atoms with Gasteiger partial charge in [0.1, 0.15) is 30.5 Å². The lowest BCUT2D eigenvalue weighted by Gasteiger charge is -2.10. The van der Waals surface area contributed by atoms with Crippen LogP contribution in [-0.2, 0) is 11.4 Å². The lowest BCUT2D eigenvalue weighted by molar-refractivity contribution is -0.138. The van der Waals surface area contributed by atoms with Crippen molar-refractivity contribution in [1.82, 2.24) is 0 Å². The van der Waals surface area contributed by atoms with E-state index in [4.69, 9.17) is 29.8 Å². The van der Waals surface area contributed by atoms with Crippen molar-refractivity contribution in [2.45, 2.75) is 32.8 Å². The molecule has 1 aliphatic rings. The predicted molar refractivity (Wildman–Crippen MR) is 141 cm³/mol. The number of methoxy groups -OCH3 is 1. The maximum Gasteiger partial charge on any atom is 0.307 e. The first-order valence-electron chi connectivity index (χ1n) is 11.9. The monoisotopic (exact) mass is 493 g/mol. The molecule has 3 N–H and O–H groups in total. The number of nitrogens with one attached hydrogen (secondary N) is 1. The maximum atomic E-state index is 11.0. The average Bonchev–Trinajstić information content (AvgIpc) is 3.75. The molecule has 3 aromatic rings. The minimum atomic E-state index is -0.722. The molecule has 1 fully saturated rings. The van der Waals surface area contributed by atoms with E-state index < -0.39 is 5.97 Å². The summed E-state index contributed by atoms with van der Waals surface area (Å²) < 4.78 is 16.7. The molecule has 36 heavy (non-hydrogen) atoms. The van der Waals surface area contributed by atoms with Crippen molar-refractivity contribution < 1.29 is 29.2 Å². The van der Waals surface area contributed by atoms with E-state index in [1.165, 1.54) is 0 Å². The van der Waals surface area contributed by atoms with Crippen LogP contribution < -0.4 is 14.2 Å². The van der Waals surface area contributed by atoms with Crippen LogP contribution in [0.5, 0.6) is 17.2 Å². The number of aliphatic hydroxyl groups excluding tert-OH is 1. The fraction of sp³-hybridized carbons (Fsp3) is 0.310. The van der Waals surface area contributed by atoms with Crippen LogP contribution in [0.2, 0.25) is 0 Å². The highest BCUT2D eigenvalue weighted by molar-refractivity contribution is 5.99. The van der Waals surface area contributed by atoms with Crippen LogP contribution in [0, 0.1) is 11.3 Å². The smallest absolute Gasteiger partial charge is 0.307 e. The number of hydrogen-bond acceptors (Lipinski definition) is 6. The molecule has 3 aromatic carbocycles. The molecule has 1 aliphatic carbocycles. The summed E-state index contributed by atoms with van der Waals surface area (Å²) in [5, 5.41) is 24.2. The topological polar surface area (TPSA) is 109 Å². The first kappa shape index (κ1) is 28.4. The minimum Gasteiger partial charge on any atom is -0.497 e. The van der Waals surface area contributed by atoms with Crippen LogP contribution in [0.25, 0.3) is 0 Å². The van der Waals surface area contributed by atoms with Gasteiger partial charge in [-0.15, -0.1) is 0 Å². The van der Waals surface area contributed by atoms with Crippen LogP contribution in [0.4, 0.5) is 0 Å². The van der Waals surface area contributed by atoms with Crippen molar-refractivity contribution in [3.8, 4) is 17.2 Å². The second kappa shape index (κ2) is 14.5. The molecule has 0 aliphatic heterocycles. The highest BCUT2D eigenvalue weighted by Crippen LogP contribution is 2.47. The number of benzene rings is 3. The Balaban J connectivity index is 0.00000109. The van der Waals surface area contributed by atoms with Crippen molar-refractivity contribution >= 4 is 11.7 Å². The molecule has 0 aromatic heterocycles. The van der Waals surface area contributed by atoms with Gasteiger partial charge in [0, 0.05) is 7.11 Å². The predicted octanol–water partition coefficient (Wildman–Crippen LogP) is 5.54. The van der Waals surface area contributed by atoms with E-state index in [2.05, 4.69) is 0 Å². The second-order valence-corrected chi connectivity index (χ2v) is 7.78. The van der Waals surface area contributed by atoms with Gasteiger partial charge in [-0.2, -0.15) is 0 Å². The Hall–Kier alpha value is -3.84. The second-order valence-electron chi connectivity index (χ2n) is 7.78. The zero-order chi connectivity index (χ0) is 26.5. The summed E-state index contributed by atoms with van der Waals surface area (Å²) in [4.78, 5) is 11.0. The van der Waals surface area contributed by atoms with Gasteiger partial charge in [-0.3, -0.25) is 4.79 Å². The lowest BCUT2D eigenvalue weighted by atomic mass is 10.1. The van der Waals surface area contributed by atoms with Gasteiger partial charge >= 0.3 is 5.97 Å². The fourth-order valence-corrected chi connectivity index (χ4v) is 3.53. The molecule has 0 amide bonds. The summed E-state index contributed by atoms with van der Waals surface area (Å²) in [5.74, 6) is 1.34. The summed E-state index contributed by atoms with van der Waals surface area (Å²) in [6.07, 6.45) is 0.712. The Morgan fingerprint density at radius 1 is 0.861 bits per heavy atom. The van der Waals surface area contributed by atoms with Crippen molar-refractivity contribution in [2.24, 2.45) is 5.92 Å². The SMILES string of the molecule is CC.CO.COc1ccc(C(=N)COc2ccc(COc3ccc(C4CC4C(=O)O)cc3)cc2)cc1. The molecular weight excluding hydrogens is 458 g/mol. The molecule has 2 unspecified atom stereocenters. The number of hydrogen-bond donors (Lipinski definition) is 3. The van der Waals surface area contributed by atoms with Crippen LogP contribution in [0.1, 0.15) is 42.9 Å². The summed E-state index contributed by atoms with van der Waals surface area (Å²) in [6, 6.07) is 22.6. The van der Waals surface area contributed by atoms with Crippen LogP contribution in [0.15, 0.2) is 72.8 Å². The summed E-state index contributed by atoms with van der Waals surface area (Å²) in [6.45, 7) is 4.60. The van der Waals surface area contributed by atoms with Gasteiger partial charge in [-0.1, -0.05) is 38.1 Å². The van der Waals surface area contributed by atoms with Crippen LogP contribution in [-0.4, -0.2) is 42.7 Å². The van der Waals surface area contributed by atoms with Gasteiger partial charge in [0.25, 0.3) is 0 Å².